The molecule has 0 unspecified atom stereocenters. The van der Waals surface area contributed by atoms with E-state index in [-0.39, 0.29) is 12.1 Å². The number of halogens is 1. The molecule has 0 radical (unpaired) electrons. The number of carbonyl (C=O) groups excluding carboxylic acids is 1. The fourth-order valence-electron chi connectivity index (χ4n) is 2.03. The van der Waals surface area contributed by atoms with Crippen molar-refractivity contribution in [2.75, 3.05) is 6.54 Å². The van der Waals surface area contributed by atoms with Crippen LogP contribution in [0.4, 0.5) is 4.79 Å². The number of ether oxygens (including phenoxy) is 1. The van der Waals surface area contributed by atoms with Gasteiger partial charge in [0.05, 0.1) is 0 Å². The van der Waals surface area contributed by atoms with Crippen molar-refractivity contribution in [2.45, 2.75) is 45.3 Å². The van der Waals surface area contributed by atoms with Gasteiger partial charge in [0.2, 0.25) is 0 Å². The number of carbonyl (C=O) groups is 1. The maximum absolute atomic E-state index is 12.1. The molecule has 1 N–H and O–H groups in total. The van der Waals surface area contributed by atoms with Crippen LogP contribution in [0.15, 0.2) is 9.60 Å². The largest absolute Gasteiger partial charge is 0.444 e. The molecule has 1 saturated heterocycles. The van der Waals surface area contributed by atoms with E-state index in [4.69, 9.17) is 4.74 Å². The minimum absolute atomic E-state index is 0.0394. The van der Waals surface area contributed by atoms with Crippen LogP contribution in [0.2, 0.25) is 0 Å². The molecule has 98 valence electrons. The lowest BCUT2D eigenvalue weighted by atomic mass is 10.2. The van der Waals surface area contributed by atoms with Gasteiger partial charge in [0.1, 0.15) is 5.60 Å². The fraction of sp³-hybridized carbons (Fsp3) is 0.667. The molecule has 2 heterocycles. The van der Waals surface area contributed by atoms with Crippen molar-refractivity contribution in [3.05, 3.63) is 10.8 Å². The van der Waals surface area contributed by atoms with Gasteiger partial charge >= 0.3 is 6.09 Å². The summed E-state index contributed by atoms with van der Waals surface area (Å²) in [5.74, 6) is 0.755. The molecule has 0 aromatic rings. The second-order valence-electron chi connectivity index (χ2n) is 5.38. The van der Waals surface area contributed by atoms with Crippen LogP contribution in [0.25, 0.3) is 0 Å². The number of rotatable bonds is 1. The summed E-state index contributed by atoms with van der Waals surface area (Å²) in [6.45, 7) is 6.31. The first-order chi connectivity index (χ1) is 8.37. The van der Waals surface area contributed by atoms with E-state index in [1.54, 1.807) is 4.90 Å². The quantitative estimate of drug-likeness (QED) is 0.597. The molecule has 6 heteroatoms. The maximum atomic E-state index is 12.1. The van der Waals surface area contributed by atoms with Gasteiger partial charge in [-0.25, -0.2) is 10.1 Å². The van der Waals surface area contributed by atoms with Gasteiger partial charge in [-0.05, 0) is 33.6 Å². The Labute approximate surface area is 115 Å². The van der Waals surface area contributed by atoms with E-state index in [2.05, 4.69) is 32.4 Å². The summed E-state index contributed by atoms with van der Waals surface area (Å²) in [7, 11) is 0. The van der Waals surface area contributed by atoms with E-state index >= 15 is 0 Å². The monoisotopic (exact) mass is 314 g/mol. The number of hydrogen-bond acceptors (Lipinski definition) is 4. The topological polar surface area (TPSA) is 53.9 Å². The van der Waals surface area contributed by atoms with Gasteiger partial charge in [0.15, 0.2) is 6.04 Å². The minimum Gasteiger partial charge on any atom is -0.444 e. The van der Waals surface area contributed by atoms with E-state index in [0.717, 1.165) is 18.7 Å². The van der Waals surface area contributed by atoms with E-state index in [9.17, 15) is 4.79 Å². The molecule has 2 aliphatic rings. The van der Waals surface area contributed by atoms with E-state index < -0.39 is 5.60 Å². The molecule has 0 saturated carbocycles. The fourth-order valence-corrected chi connectivity index (χ4v) is 2.32. The van der Waals surface area contributed by atoms with Crippen molar-refractivity contribution in [3.63, 3.8) is 0 Å². The number of aliphatic imine (C=N–C) groups is 1. The highest BCUT2D eigenvalue weighted by molar-refractivity contribution is 9.11. The smallest absolute Gasteiger partial charge is 0.412 e. The van der Waals surface area contributed by atoms with Crippen LogP contribution in [0.5, 0.6) is 0 Å². The van der Waals surface area contributed by atoms with Crippen LogP contribution in [0.1, 0.15) is 33.6 Å². The van der Waals surface area contributed by atoms with Crippen molar-refractivity contribution in [2.24, 2.45) is 4.99 Å². The molecule has 0 spiro atoms. The number of amides is 1. The van der Waals surface area contributed by atoms with Gasteiger partial charge in [-0.2, -0.15) is 0 Å². The van der Waals surface area contributed by atoms with Gasteiger partial charge in [-0.1, -0.05) is 0 Å². The summed E-state index contributed by atoms with van der Waals surface area (Å²) in [5, 5.41) is 3.07. The van der Waals surface area contributed by atoms with E-state index in [1.807, 2.05) is 20.8 Å². The first-order valence-electron chi connectivity index (χ1n) is 5.99. The summed E-state index contributed by atoms with van der Waals surface area (Å²) in [5.41, 5.74) is -0.472. The highest BCUT2D eigenvalue weighted by Gasteiger charge is 2.41. The molecule has 2 aliphatic heterocycles. The zero-order valence-electron chi connectivity index (χ0n) is 10.8. The third kappa shape index (κ3) is 3.00. The van der Waals surface area contributed by atoms with Crippen molar-refractivity contribution < 1.29 is 9.53 Å². The van der Waals surface area contributed by atoms with Crippen LogP contribution in [0.3, 0.4) is 0 Å². The van der Waals surface area contributed by atoms with Crippen molar-refractivity contribution in [1.82, 2.24) is 10.2 Å². The summed E-state index contributed by atoms with van der Waals surface area (Å²) < 4.78 is 6.11. The van der Waals surface area contributed by atoms with Crippen LogP contribution < -0.4 is 5.32 Å². The van der Waals surface area contributed by atoms with Gasteiger partial charge in [-0.15, -0.1) is 0 Å². The van der Waals surface area contributed by atoms with Gasteiger partial charge in [-0.3, -0.25) is 4.90 Å². The molecule has 0 aromatic heterocycles. The van der Waals surface area contributed by atoms with Gasteiger partial charge in [0.25, 0.3) is 16.6 Å². The zero-order valence-corrected chi connectivity index (χ0v) is 12.4. The Morgan fingerprint density at radius 2 is 2.33 bits per heavy atom. The lowest BCUT2D eigenvalue weighted by Gasteiger charge is -2.26. The number of likely N-dealkylation sites (tertiary alicyclic amines) is 1. The van der Waals surface area contributed by atoms with Crippen molar-refractivity contribution >= 4 is 27.9 Å². The molecule has 0 aliphatic carbocycles. The summed E-state index contributed by atoms with van der Waals surface area (Å²) in [6, 6.07) is -0.0394. The standard InChI is InChI=1S/C12H17BrN3O2/c1-12(2,3)18-11(17)16-6-4-5-8(16)10-14-7-9(13)15-10/h8H,4-6H2,1-3H3,(H,14,15)/q+1/t8-/m0/s1. The van der Waals surface area contributed by atoms with Crippen molar-refractivity contribution in [3.8, 4) is 0 Å². The molecule has 1 amide bonds. The Hall–Kier alpha value is -1.13. The summed E-state index contributed by atoms with van der Waals surface area (Å²) >= 11 is 3.28. The van der Waals surface area contributed by atoms with Gasteiger partial charge < -0.3 is 4.74 Å². The maximum Gasteiger partial charge on any atom is 0.412 e. The SMILES string of the molecule is CC(C)(C)OC(=O)N1CCC[C@H]1C1=N[C+]=C(Br)N1. The highest BCUT2D eigenvalue weighted by Crippen LogP contribution is 2.23. The van der Waals surface area contributed by atoms with E-state index in [1.165, 1.54) is 0 Å². The summed E-state index contributed by atoms with van der Waals surface area (Å²) in [6.07, 6.45) is 4.36. The van der Waals surface area contributed by atoms with Gasteiger partial charge in [0, 0.05) is 27.5 Å². The molecule has 18 heavy (non-hydrogen) atoms. The first kappa shape index (κ1) is 13.3. The predicted octanol–water partition coefficient (Wildman–Crippen LogP) is 2.38. The predicted molar refractivity (Wildman–Crippen MR) is 72.2 cm³/mol. The van der Waals surface area contributed by atoms with Crippen LogP contribution in [-0.2, 0) is 4.74 Å². The molecule has 1 fully saturated rings. The molecule has 0 bridgehead atoms. The lowest BCUT2D eigenvalue weighted by Crippen LogP contribution is -2.46. The number of amidine groups is 1. The Balaban J connectivity index is 2.02. The normalized spacial score (nSPS) is 23.1. The lowest BCUT2D eigenvalue weighted by molar-refractivity contribution is 0.0265. The first-order valence-corrected chi connectivity index (χ1v) is 6.79. The molecule has 5 nitrogen and oxygen atoms in total. The van der Waals surface area contributed by atoms with Crippen LogP contribution in [-0.4, -0.2) is 35.0 Å². The Bertz CT molecular complexity index is 412. The van der Waals surface area contributed by atoms with Crippen LogP contribution >= 0.6 is 15.9 Å². The third-order valence-corrected chi connectivity index (χ3v) is 3.08. The van der Waals surface area contributed by atoms with Crippen LogP contribution in [0, 0.1) is 6.20 Å². The molecule has 2 rings (SSSR count). The Morgan fingerprint density at radius 3 is 2.89 bits per heavy atom. The Morgan fingerprint density at radius 1 is 1.61 bits per heavy atom. The average Bonchev–Trinajstić information content (AvgIpc) is 2.81. The Kier molecular flexibility index (Phi) is 3.59. The third-order valence-electron chi connectivity index (χ3n) is 2.71. The minimum atomic E-state index is -0.472. The molecular weight excluding hydrogens is 298 g/mol. The van der Waals surface area contributed by atoms with Crippen molar-refractivity contribution in [1.29, 1.82) is 0 Å². The number of nitrogens with one attached hydrogen (secondary N) is 1. The number of hydrogen-bond donors (Lipinski definition) is 1. The number of nitrogens with zero attached hydrogens (tertiary/aromatic N) is 2. The molecular formula is C12H17BrN3O2+. The average molecular weight is 315 g/mol. The highest BCUT2D eigenvalue weighted by atomic mass is 79.9. The second-order valence-corrected chi connectivity index (χ2v) is 6.17. The second kappa shape index (κ2) is 4.86. The molecule has 0 aromatic carbocycles. The summed E-state index contributed by atoms with van der Waals surface area (Å²) in [4.78, 5) is 18.0. The molecule has 1 atom stereocenters. The zero-order chi connectivity index (χ0) is 13.3. The van der Waals surface area contributed by atoms with E-state index in [0.29, 0.717) is 11.2 Å².